The molecule has 4 nitrogen and oxygen atoms in total. The van der Waals surface area contributed by atoms with Gasteiger partial charge in [-0.1, -0.05) is 18.2 Å². The van der Waals surface area contributed by atoms with Crippen LogP contribution in [0.1, 0.15) is 22.3 Å². The van der Waals surface area contributed by atoms with Crippen molar-refractivity contribution in [2.24, 2.45) is 0 Å². The van der Waals surface area contributed by atoms with Crippen molar-refractivity contribution < 1.29 is 9.53 Å². The van der Waals surface area contributed by atoms with Crippen molar-refractivity contribution in [1.29, 1.82) is 5.26 Å². The van der Waals surface area contributed by atoms with Crippen LogP contribution in [0, 0.1) is 18.3 Å². The van der Waals surface area contributed by atoms with E-state index in [1.165, 1.54) is 0 Å². The molecular weight excluding hydrogens is 216 g/mol. The number of hydrogen-bond acceptors (Lipinski definition) is 3. The third-order valence-corrected chi connectivity index (χ3v) is 2.62. The molecule has 1 aliphatic rings. The summed E-state index contributed by atoms with van der Waals surface area (Å²) in [4.78, 5) is 11.9. The molecule has 1 aromatic rings. The molecule has 0 saturated heterocycles. The molecule has 1 amide bonds. The maximum atomic E-state index is 11.9. The predicted molar refractivity (Wildman–Crippen MR) is 61.9 cm³/mol. The van der Waals surface area contributed by atoms with Crippen molar-refractivity contribution in [3.05, 3.63) is 46.8 Å². The third kappa shape index (κ3) is 2.28. The van der Waals surface area contributed by atoms with E-state index in [4.69, 9.17) is 10.00 Å². The topological polar surface area (TPSA) is 62.1 Å². The number of amides is 1. The minimum atomic E-state index is -0.243. The zero-order chi connectivity index (χ0) is 12.3. The van der Waals surface area contributed by atoms with Gasteiger partial charge in [0, 0.05) is 12.0 Å². The van der Waals surface area contributed by atoms with Gasteiger partial charge in [0.2, 0.25) is 5.88 Å². The minimum Gasteiger partial charge on any atom is -0.478 e. The summed E-state index contributed by atoms with van der Waals surface area (Å²) in [5.41, 5.74) is 1.97. The smallest absolute Gasteiger partial charge is 0.258 e. The summed E-state index contributed by atoms with van der Waals surface area (Å²) in [5, 5.41) is 11.5. The van der Waals surface area contributed by atoms with Gasteiger partial charge in [0.15, 0.2) is 0 Å². The van der Waals surface area contributed by atoms with E-state index in [1.807, 2.05) is 25.1 Å². The molecule has 1 aromatic carbocycles. The summed E-state index contributed by atoms with van der Waals surface area (Å²) in [5.74, 6) is 0.0495. The molecule has 86 valence electrons. The Morgan fingerprint density at radius 3 is 2.94 bits per heavy atom. The lowest BCUT2D eigenvalue weighted by Crippen LogP contribution is -2.24. The van der Waals surface area contributed by atoms with Crippen LogP contribution in [0.15, 0.2) is 35.7 Å². The lowest BCUT2D eigenvalue weighted by Gasteiger charge is -2.08. The van der Waals surface area contributed by atoms with Crippen LogP contribution in [0.5, 0.6) is 0 Å². The Hall–Kier alpha value is -2.28. The Kier molecular flexibility index (Phi) is 3.10. The molecule has 0 unspecified atom stereocenters. The van der Waals surface area contributed by atoms with Gasteiger partial charge in [-0.2, -0.15) is 5.26 Å². The fourth-order valence-electron chi connectivity index (χ4n) is 1.67. The van der Waals surface area contributed by atoms with Crippen molar-refractivity contribution in [2.45, 2.75) is 13.3 Å². The van der Waals surface area contributed by atoms with E-state index in [2.05, 4.69) is 5.32 Å². The number of carbonyl (C=O) groups excluding carboxylic acids is 1. The summed E-state index contributed by atoms with van der Waals surface area (Å²) in [7, 11) is 0. The summed E-state index contributed by atoms with van der Waals surface area (Å²) in [6.07, 6.45) is 0.555. The average molecular weight is 228 g/mol. The van der Waals surface area contributed by atoms with Gasteiger partial charge in [-0.05, 0) is 18.6 Å². The van der Waals surface area contributed by atoms with E-state index in [-0.39, 0.29) is 5.91 Å². The van der Waals surface area contributed by atoms with Crippen LogP contribution in [0.3, 0.4) is 0 Å². The maximum Gasteiger partial charge on any atom is 0.258 e. The second-order valence-electron chi connectivity index (χ2n) is 3.79. The maximum absolute atomic E-state index is 11.9. The fourth-order valence-corrected chi connectivity index (χ4v) is 1.67. The van der Waals surface area contributed by atoms with E-state index >= 15 is 0 Å². The molecule has 2 rings (SSSR count). The molecule has 0 saturated carbocycles. The highest BCUT2D eigenvalue weighted by Gasteiger charge is 2.19. The molecule has 1 heterocycles. The number of aryl methyl sites for hydroxylation is 1. The van der Waals surface area contributed by atoms with Gasteiger partial charge in [0.1, 0.15) is 6.07 Å². The van der Waals surface area contributed by atoms with E-state index in [9.17, 15) is 4.79 Å². The SMILES string of the molecule is Cc1ccccc1C(=O)NC1=C(C#N)CCO1. The minimum absolute atomic E-state index is 0.243. The average Bonchev–Trinajstić information content (AvgIpc) is 2.76. The number of nitriles is 1. The highest BCUT2D eigenvalue weighted by atomic mass is 16.5. The summed E-state index contributed by atoms with van der Waals surface area (Å²) in [6, 6.07) is 9.31. The molecule has 1 N–H and O–H groups in total. The van der Waals surface area contributed by atoms with E-state index in [0.717, 1.165) is 5.56 Å². The Labute approximate surface area is 99.5 Å². The van der Waals surface area contributed by atoms with Crippen LogP contribution in [0.25, 0.3) is 0 Å². The van der Waals surface area contributed by atoms with Crippen LogP contribution in [0.2, 0.25) is 0 Å². The summed E-state index contributed by atoms with van der Waals surface area (Å²) in [6.45, 7) is 2.32. The number of carbonyl (C=O) groups is 1. The largest absolute Gasteiger partial charge is 0.478 e. The Morgan fingerprint density at radius 2 is 2.24 bits per heavy atom. The first-order valence-electron chi connectivity index (χ1n) is 5.35. The lowest BCUT2D eigenvalue weighted by molar-refractivity contribution is 0.0930. The Balaban J connectivity index is 2.19. The number of hydrogen-bond donors (Lipinski definition) is 1. The molecule has 0 fully saturated rings. The summed E-state index contributed by atoms with van der Waals surface area (Å²) >= 11 is 0. The second kappa shape index (κ2) is 4.71. The zero-order valence-electron chi connectivity index (χ0n) is 9.49. The van der Waals surface area contributed by atoms with Crippen molar-refractivity contribution in [2.75, 3.05) is 6.61 Å². The predicted octanol–water partition coefficient (Wildman–Crippen LogP) is 1.88. The summed E-state index contributed by atoms with van der Waals surface area (Å²) < 4.78 is 5.21. The standard InChI is InChI=1S/C13H12N2O2/c1-9-4-2-3-5-11(9)12(16)15-13-10(8-14)6-7-17-13/h2-5H,6-7H2,1H3,(H,15,16). The van der Waals surface area contributed by atoms with Crippen molar-refractivity contribution >= 4 is 5.91 Å². The number of benzene rings is 1. The molecule has 0 radical (unpaired) electrons. The monoisotopic (exact) mass is 228 g/mol. The first kappa shape index (κ1) is 11.2. The van der Waals surface area contributed by atoms with Gasteiger partial charge in [0.05, 0.1) is 12.2 Å². The quantitative estimate of drug-likeness (QED) is 0.840. The Morgan fingerprint density at radius 1 is 1.47 bits per heavy atom. The van der Waals surface area contributed by atoms with Gasteiger partial charge < -0.3 is 4.74 Å². The second-order valence-corrected chi connectivity index (χ2v) is 3.79. The van der Waals surface area contributed by atoms with E-state index in [1.54, 1.807) is 12.1 Å². The molecule has 0 spiro atoms. The van der Waals surface area contributed by atoms with Crippen LogP contribution in [-0.2, 0) is 4.74 Å². The third-order valence-electron chi connectivity index (χ3n) is 2.62. The van der Waals surface area contributed by atoms with Gasteiger partial charge in [0.25, 0.3) is 5.91 Å². The van der Waals surface area contributed by atoms with Gasteiger partial charge >= 0.3 is 0 Å². The number of rotatable bonds is 2. The molecular formula is C13H12N2O2. The molecule has 4 heteroatoms. The van der Waals surface area contributed by atoms with Crippen LogP contribution >= 0.6 is 0 Å². The highest BCUT2D eigenvalue weighted by Crippen LogP contribution is 2.17. The van der Waals surface area contributed by atoms with Gasteiger partial charge in [-0.25, -0.2) is 0 Å². The van der Waals surface area contributed by atoms with E-state index < -0.39 is 0 Å². The highest BCUT2D eigenvalue weighted by molar-refractivity contribution is 5.96. The molecule has 0 bridgehead atoms. The van der Waals surface area contributed by atoms with Crippen molar-refractivity contribution in [3.8, 4) is 6.07 Å². The van der Waals surface area contributed by atoms with Crippen molar-refractivity contribution in [1.82, 2.24) is 5.32 Å². The van der Waals surface area contributed by atoms with Crippen LogP contribution in [0.4, 0.5) is 0 Å². The number of ether oxygens (including phenoxy) is 1. The Bertz CT molecular complexity index is 526. The number of nitrogens with zero attached hydrogens (tertiary/aromatic N) is 1. The fraction of sp³-hybridized carbons (Fsp3) is 0.231. The number of nitrogens with one attached hydrogen (secondary N) is 1. The zero-order valence-corrected chi connectivity index (χ0v) is 9.49. The first-order valence-corrected chi connectivity index (χ1v) is 5.35. The molecule has 0 aromatic heterocycles. The normalized spacial score (nSPS) is 14.1. The van der Waals surface area contributed by atoms with E-state index in [0.29, 0.717) is 30.0 Å². The first-order chi connectivity index (χ1) is 8.22. The van der Waals surface area contributed by atoms with Crippen LogP contribution < -0.4 is 5.32 Å². The van der Waals surface area contributed by atoms with Gasteiger partial charge in [-0.15, -0.1) is 0 Å². The lowest BCUT2D eigenvalue weighted by atomic mass is 10.1. The molecule has 0 atom stereocenters. The molecule has 0 aliphatic carbocycles. The molecule has 17 heavy (non-hydrogen) atoms. The van der Waals surface area contributed by atoms with Gasteiger partial charge in [-0.3, -0.25) is 10.1 Å². The van der Waals surface area contributed by atoms with Crippen LogP contribution in [-0.4, -0.2) is 12.5 Å². The molecule has 1 aliphatic heterocycles. The van der Waals surface area contributed by atoms with Crippen molar-refractivity contribution in [3.63, 3.8) is 0 Å².